The van der Waals surface area contributed by atoms with Crippen LogP contribution in [0, 0.1) is 5.82 Å². The number of rotatable bonds is 4. The average molecular weight is 234 g/mol. The number of hydrogen-bond donors (Lipinski definition) is 2. The first-order chi connectivity index (χ1) is 8.24. The number of hydrogen-bond acceptors (Lipinski definition) is 2. The van der Waals surface area contributed by atoms with Crippen LogP contribution in [0.25, 0.3) is 0 Å². The minimum atomic E-state index is -0.351. The standard InChI is InChI=1S/C13H15FN2O/c14-10-4-3-7-12(8-10)16-13(17)9-15-11-5-1-2-6-11/h1-4,7-8,11,15H,5-6,9H2,(H,16,17). The molecule has 1 amide bonds. The van der Waals surface area contributed by atoms with E-state index in [9.17, 15) is 9.18 Å². The van der Waals surface area contributed by atoms with Gasteiger partial charge in [-0.1, -0.05) is 18.2 Å². The van der Waals surface area contributed by atoms with Crippen LogP contribution in [-0.2, 0) is 4.79 Å². The second kappa shape index (κ2) is 5.59. The molecule has 0 atom stereocenters. The van der Waals surface area contributed by atoms with Crippen LogP contribution in [0.4, 0.5) is 10.1 Å². The zero-order chi connectivity index (χ0) is 12.1. The van der Waals surface area contributed by atoms with E-state index in [0.717, 1.165) is 12.8 Å². The Morgan fingerprint density at radius 2 is 2.12 bits per heavy atom. The van der Waals surface area contributed by atoms with Crippen LogP contribution in [0.5, 0.6) is 0 Å². The Hall–Kier alpha value is -1.68. The zero-order valence-electron chi connectivity index (χ0n) is 9.45. The highest BCUT2D eigenvalue weighted by atomic mass is 19.1. The van der Waals surface area contributed by atoms with Gasteiger partial charge in [-0.05, 0) is 31.0 Å². The Balaban J connectivity index is 1.77. The molecule has 4 heteroatoms. The molecule has 2 N–H and O–H groups in total. The van der Waals surface area contributed by atoms with Gasteiger partial charge in [0.15, 0.2) is 0 Å². The molecule has 0 spiro atoms. The highest BCUT2D eigenvalue weighted by molar-refractivity contribution is 5.92. The van der Waals surface area contributed by atoms with Crippen molar-refractivity contribution in [2.75, 3.05) is 11.9 Å². The van der Waals surface area contributed by atoms with E-state index in [-0.39, 0.29) is 18.3 Å². The minimum Gasteiger partial charge on any atom is -0.325 e. The van der Waals surface area contributed by atoms with E-state index in [1.807, 2.05) is 0 Å². The maximum Gasteiger partial charge on any atom is 0.238 e. The third kappa shape index (κ3) is 3.67. The Labute approximate surface area is 99.7 Å². The quantitative estimate of drug-likeness (QED) is 0.783. The predicted octanol–water partition coefficient (Wildman–Crippen LogP) is 2.07. The molecule has 0 saturated heterocycles. The summed E-state index contributed by atoms with van der Waals surface area (Å²) in [5.41, 5.74) is 0.487. The molecule has 17 heavy (non-hydrogen) atoms. The van der Waals surface area contributed by atoms with Crippen molar-refractivity contribution >= 4 is 11.6 Å². The van der Waals surface area contributed by atoms with Gasteiger partial charge in [0, 0.05) is 11.7 Å². The largest absolute Gasteiger partial charge is 0.325 e. The van der Waals surface area contributed by atoms with Crippen LogP contribution in [0.2, 0.25) is 0 Å². The van der Waals surface area contributed by atoms with Crippen LogP contribution in [0.1, 0.15) is 12.8 Å². The van der Waals surface area contributed by atoms with Crippen molar-refractivity contribution in [3.63, 3.8) is 0 Å². The summed E-state index contributed by atoms with van der Waals surface area (Å²) < 4.78 is 12.9. The fraction of sp³-hybridized carbons (Fsp3) is 0.308. The third-order valence-electron chi connectivity index (χ3n) is 2.67. The highest BCUT2D eigenvalue weighted by Crippen LogP contribution is 2.10. The molecule has 90 valence electrons. The van der Waals surface area contributed by atoms with Crippen LogP contribution >= 0.6 is 0 Å². The molecule has 0 heterocycles. The molecule has 0 bridgehead atoms. The van der Waals surface area contributed by atoms with Gasteiger partial charge in [0.2, 0.25) is 5.91 Å². The Bertz CT molecular complexity index is 423. The van der Waals surface area contributed by atoms with E-state index in [4.69, 9.17) is 0 Å². The van der Waals surface area contributed by atoms with E-state index < -0.39 is 0 Å². The number of nitrogens with one attached hydrogen (secondary N) is 2. The monoisotopic (exact) mass is 234 g/mol. The van der Waals surface area contributed by atoms with Crippen molar-refractivity contribution in [2.45, 2.75) is 18.9 Å². The van der Waals surface area contributed by atoms with E-state index in [2.05, 4.69) is 22.8 Å². The first-order valence-corrected chi connectivity index (χ1v) is 5.68. The smallest absolute Gasteiger partial charge is 0.238 e. The molecule has 1 aromatic rings. The van der Waals surface area contributed by atoms with Crippen LogP contribution in [0.3, 0.4) is 0 Å². The van der Waals surface area contributed by atoms with Gasteiger partial charge in [-0.2, -0.15) is 0 Å². The minimum absolute atomic E-state index is 0.150. The topological polar surface area (TPSA) is 41.1 Å². The van der Waals surface area contributed by atoms with Crippen molar-refractivity contribution in [2.24, 2.45) is 0 Å². The number of anilines is 1. The van der Waals surface area contributed by atoms with Gasteiger partial charge in [0.05, 0.1) is 6.54 Å². The van der Waals surface area contributed by atoms with Gasteiger partial charge in [-0.25, -0.2) is 4.39 Å². The van der Waals surface area contributed by atoms with Gasteiger partial charge in [0.1, 0.15) is 5.82 Å². The van der Waals surface area contributed by atoms with Gasteiger partial charge in [-0.15, -0.1) is 0 Å². The van der Waals surface area contributed by atoms with E-state index in [1.54, 1.807) is 12.1 Å². The van der Waals surface area contributed by atoms with E-state index in [1.165, 1.54) is 12.1 Å². The van der Waals surface area contributed by atoms with Crippen molar-refractivity contribution in [3.05, 3.63) is 42.2 Å². The van der Waals surface area contributed by atoms with Crippen LogP contribution < -0.4 is 10.6 Å². The molecule has 0 aromatic heterocycles. The third-order valence-corrected chi connectivity index (χ3v) is 2.67. The Kier molecular flexibility index (Phi) is 3.88. The molecule has 2 rings (SSSR count). The fourth-order valence-electron chi connectivity index (χ4n) is 1.79. The fourth-order valence-corrected chi connectivity index (χ4v) is 1.79. The van der Waals surface area contributed by atoms with Gasteiger partial charge in [0.25, 0.3) is 0 Å². The predicted molar refractivity (Wildman–Crippen MR) is 65.2 cm³/mol. The molecule has 0 aliphatic heterocycles. The number of carbonyl (C=O) groups excluding carboxylic acids is 1. The molecule has 0 fully saturated rings. The first-order valence-electron chi connectivity index (χ1n) is 5.68. The summed E-state index contributed by atoms with van der Waals surface area (Å²) in [6.45, 7) is 0.253. The second-order valence-electron chi connectivity index (χ2n) is 4.08. The summed E-state index contributed by atoms with van der Waals surface area (Å²) >= 11 is 0. The van der Waals surface area contributed by atoms with Crippen LogP contribution in [0.15, 0.2) is 36.4 Å². The molecule has 0 saturated carbocycles. The first kappa shape index (κ1) is 11.8. The molecule has 3 nitrogen and oxygen atoms in total. The summed E-state index contributed by atoms with van der Waals surface area (Å²) in [5.74, 6) is -0.502. The number of halogens is 1. The summed E-state index contributed by atoms with van der Waals surface area (Å²) in [5, 5.41) is 5.79. The summed E-state index contributed by atoms with van der Waals surface area (Å²) in [7, 11) is 0. The second-order valence-corrected chi connectivity index (χ2v) is 4.08. The summed E-state index contributed by atoms with van der Waals surface area (Å²) in [6, 6.07) is 6.23. The summed E-state index contributed by atoms with van der Waals surface area (Å²) in [4.78, 5) is 11.6. The average Bonchev–Trinajstić information content (AvgIpc) is 2.79. The lowest BCUT2D eigenvalue weighted by Crippen LogP contribution is -2.34. The zero-order valence-corrected chi connectivity index (χ0v) is 9.45. The van der Waals surface area contributed by atoms with Crippen molar-refractivity contribution in [1.29, 1.82) is 0 Å². The lowest BCUT2D eigenvalue weighted by atomic mass is 10.2. The van der Waals surface area contributed by atoms with Gasteiger partial charge < -0.3 is 10.6 Å². The Morgan fingerprint density at radius 1 is 1.35 bits per heavy atom. The molecule has 1 aliphatic rings. The van der Waals surface area contributed by atoms with Gasteiger partial charge >= 0.3 is 0 Å². The lowest BCUT2D eigenvalue weighted by Gasteiger charge is -2.11. The molecule has 0 radical (unpaired) electrons. The molecule has 1 aromatic carbocycles. The number of carbonyl (C=O) groups is 1. The van der Waals surface area contributed by atoms with E-state index >= 15 is 0 Å². The highest BCUT2D eigenvalue weighted by Gasteiger charge is 2.11. The van der Waals surface area contributed by atoms with Crippen LogP contribution in [-0.4, -0.2) is 18.5 Å². The van der Waals surface area contributed by atoms with Crippen molar-refractivity contribution in [1.82, 2.24) is 5.32 Å². The number of benzene rings is 1. The lowest BCUT2D eigenvalue weighted by molar-refractivity contribution is -0.115. The molecular weight excluding hydrogens is 219 g/mol. The summed E-state index contributed by atoms with van der Waals surface area (Å²) in [6.07, 6.45) is 6.13. The van der Waals surface area contributed by atoms with E-state index in [0.29, 0.717) is 11.7 Å². The maximum atomic E-state index is 12.9. The number of amides is 1. The maximum absolute atomic E-state index is 12.9. The van der Waals surface area contributed by atoms with Crippen molar-refractivity contribution < 1.29 is 9.18 Å². The molecule has 0 unspecified atom stereocenters. The van der Waals surface area contributed by atoms with Crippen molar-refractivity contribution in [3.8, 4) is 0 Å². The molecule has 1 aliphatic carbocycles. The SMILES string of the molecule is O=C(CNC1CC=CC1)Nc1cccc(F)c1. The molecular formula is C13H15FN2O. The Morgan fingerprint density at radius 3 is 2.82 bits per heavy atom. The van der Waals surface area contributed by atoms with Gasteiger partial charge in [-0.3, -0.25) is 4.79 Å². The normalized spacial score (nSPS) is 15.1.